The number of nitrogens with zero attached hydrogens (tertiary/aromatic N) is 5. The number of rotatable bonds is 5. The molecule has 10 heteroatoms. The van der Waals surface area contributed by atoms with Crippen LogP contribution in [0, 0.1) is 0 Å². The zero-order valence-electron chi connectivity index (χ0n) is 18.0. The molecule has 2 atom stereocenters. The number of aliphatic hydroxyl groups excluding tert-OH is 1. The second kappa shape index (κ2) is 8.84. The zero-order valence-corrected chi connectivity index (χ0v) is 18.7. The first-order chi connectivity index (χ1) is 16.0. The van der Waals surface area contributed by atoms with Crippen LogP contribution in [0.5, 0.6) is 5.75 Å². The van der Waals surface area contributed by atoms with E-state index >= 15 is 0 Å². The number of benzene rings is 1. The topological polar surface area (TPSA) is 107 Å². The Morgan fingerprint density at radius 1 is 1.33 bits per heavy atom. The molecule has 170 valence electrons. The Hall–Kier alpha value is -3.43. The molecule has 1 aliphatic rings. The van der Waals surface area contributed by atoms with E-state index in [1.165, 1.54) is 6.20 Å². The number of amides is 1. The number of fused-ring (bicyclic) bond motifs is 1. The summed E-state index contributed by atoms with van der Waals surface area (Å²) in [6, 6.07) is 7.04. The average Bonchev–Trinajstić information content (AvgIpc) is 3.43. The second-order valence-corrected chi connectivity index (χ2v) is 8.53. The largest absolute Gasteiger partial charge is 0.496 e. The number of ether oxygens (including phenoxy) is 1. The van der Waals surface area contributed by atoms with Gasteiger partial charge in [-0.1, -0.05) is 11.6 Å². The molecule has 2 unspecified atom stereocenters. The van der Waals surface area contributed by atoms with Gasteiger partial charge in [-0.05, 0) is 49.9 Å². The smallest absolute Gasteiger partial charge is 0.261 e. The number of methoxy groups -OCH3 is 1. The summed E-state index contributed by atoms with van der Waals surface area (Å²) >= 11 is 6.27. The number of carbonyl (C=O) groups excluding carboxylic acids is 1. The lowest BCUT2D eigenvalue weighted by atomic mass is 9.93. The van der Waals surface area contributed by atoms with Gasteiger partial charge in [0.1, 0.15) is 17.0 Å². The van der Waals surface area contributed by atoms with Gasteiger partial charge in [-0.25, -0.2) is 9.50 Å². The van der Waals surface area contributed by atoms with Gasteiger partial charge >= 0.3 is 0 Å². The van der Waals surface area contributed by atoms with Crippen molar-refractivity contribution in [2.24, 2.45) is 0 Å². The van der Waals surface area contributed by atoms with Crippen LogP contribution in [0.4, 0.5) is 5.69 Å². The minimum absolute atomic E-state index is 0.0296. The van der Waals surface area contributed by atoms with Crippen molar-refractivity contribution < 1.29 is 14.6 Å². The number of nitrogens with one attached hydrogen (secondary N) is 1. The molecule has 5 rings (SSSR count). The first kappa shape index (κ1) is 21.4. The monoisotopic (exact) mass is 466 g/mol. The predicted molar refractivity (Wildman–Crippen MR) is 124 cm³/mol. The van der Waals surface area contributed by atoms with Crippen molar-refractivity contribution in [3.63, 3.8) is 0 Å². The summed E-state index contributed by atoms with van der Waals surface area (Å²) in [4.78, 5) is 17.5. The van der Waals surface area contributed by atoms with Crippen LogP contribution in [-0.4, -0.2) is 48.6 Å². The van der Waals surface area contributed by atoms with Crippen molar-refractivity contribution in [1.82, 2.24) is 24.4 Å². The lowest BCUT2D eigenvalue weighted by molar-refractivity contribution is 0.0999. The number of aromatic nitrogens is 5. The van der Waals surface area contributed by atoms with E-state index in [-0.39, 0.29) is 18.1 Å². The lowest BCUT2D eigenvalue weighted by Gasteiger charge is -2.26. The number of halogens is 1. The Kier molecular flexibility index (Phi) is 5.74. The summed E-state index contributed by atoms with van der Waals surface area (Å²) < 4.78 is 8.90. The number of hydrogen-bond donors (Lipinski definition) is 2. The first-order valence-corrected chi connectivity index (χ1v) is 11.1. The van der Waals surface area contributed by atoms with Crippen molar-refractivity contribution in [1.29, 1.82) is 0 Å². The van der Waals surface area contributed by atoms with Gasteiger partial charge in [-0.2, -0.15) is 10.2 Å². The van der Waals surface area contributed by atoms with Gasteiger partial charge < -0.3 is 15.2 Å². The fraction of sp³-hybridized carbons (Fsp3) is 0.304. The van der Waals surface area contributed by atoms with Gasteiger partial charge in [0.25, 0.3) is 5.91 Å². The molecular weight excluding hydrogens is 444 g/mol. The normalized spacial score (nSPS) is 18.4. The Bertz CT molecular complexity index is 1320. The Labute approximate surface area is 195 Å². The molecule has 0 aliphatic heterocycles. The fourth-order valence-corrected chi connectivity index (χ4v) is 4.46. The van der Waals surface area contributed by atoms with E-state index in [2.05, 4.69) is 15.4 Å². The predicted octanol–water partition coefficient (Wildman–Crippen LogP) is 3.98. The summed E-state index contributed by atoms with van der Waals surface area (Å²) in [6.45, 7) is 0. The minimum atomic E-state index is -0.361. The van der Waals surface area contributed by atoms with Crippen LogP contribution in [0.3, 0.4) is 0 Å². The van der Waals surface area contributed by atoms with Crippen molar-refractivity contribution >= 4 is 28.8 Å². The maximum atomic E-state index is 13.2. The quantitative estimate of drug-likeness (QED) is 0.460. The SMILES string of the molecule is COc1ccc(Cl)cc1-c1nn(C2CCCC(O)C2)cc1NC(=O)c1cnn2cccnc12. The molecule has 1 aliphatic carbocycles. The van der Waals surface area contributed by atoms with E-state index in [9.17, 15) is 9.90 Å². The molecule has 0 saturated heterocycles. The van der Waals surface area contributed by atoms with Gasteiger partial charge in [-0.3, -0.25) is 9.48 Å². The van der Waals surface area contributed by atoms with Crippen LogP contribution in [0.25, 0.3) is 16.9 Å². The van der Waals surface area contributed by atoms with Gasteiger partial charge in [0.2, 0.25) is 0 Å². The number of aliphatic hydroxyl groups is 1. The van der Waals surface area contributed by atoms with Crippen LogP contribution in [0.2, 0.25) is 5.02 Å². The summed E-state index contributed by atoms with van der Waals surface area (Å²) in [7, 11) is 1.57. The van der Waals surface area contributed by atoms with Crippen molar-refractivity contribution in [3.05, 3.63) is 59.6 Å². The van der Waals surface area contributed by atoms with Gasteiger partial charge in [0, 0.05) is 29.2 Å². The fourth-order valence-electron chi connectivity index (χ4n) is 4.29. The Balaban J connectivity index is 1.56. The standard InChI is InChI=1S/C23H23ClN6O3/c1-33-20-7-6-14(24)10-17(20)21-19(13-30(28-21)15-4-2-5-16(31)11-15)27-23(32)18-12-26-29-9-3-8-25-22(18)29/h3,6-10,12-13,15-16,31H,2,4-5,11H2,1H3,(H,27,32). The highest BCUT2D eigenvalue weighted by Gasteiger charge is 2.26. The van der Waals surface area contributed by atoms with E-state index in [0.717, 1.165) is 19.3 Å². The molecule has 3 heterocycles. The molecule has 0 spiro atoms. The summed E-state index contributed by atoms with van der Waals surface area (Å²) in [6.07, 6.45) is 9.48. The summed E-state index contributed by atoms with van der Waals surface area (Å²) in [5.74, 6) is 0.232. The molecule has 1 aromatic carbocycles. The summed E-state index contributed by atoms with van der Waals surface area (Å²) in [5.41, 5.74) is 2.51. The summed E-state index contributed by atoms with van der Waals surface area (Å²) in [5, 5.41) is 22.6. The average molecular weight is 467 g/mol. The van der Waals surface area contributed by atoms with Crippen LogP contribution < -0.4 is 10.1 Å². The molecule has 3 aromatic heterocycles. The van der Waals surface area contributed by atoms with E-state index in [4.69, 9.17) is 21.4 Å². The molecule has 1 fully saturated rings. The molecule has 9 nitrogen and oxygen atoms in total. The van der Waals surface area contributed by atoms with Crippen LogP contribution in [0.15, 0.2) is 49.1 Å². The van der Waals surface area contributed by atoms with E-state index < -0.39 is 0 Å². The third-order valence-corrected chi connectivity index (χ3v) is 6.15. The minimum Gasteiger partial charge on any atom is -0.496 e. The highest BCUT2D eigenvalue weighted by Crippen LogP contribution is 2.38. The van der Waals surface area contributed by atoms with Gasteiger partial charge in [0.15, 0.2) is 5.65 Å². The maximum Gasteiger partial charge on any atom is 0.261 e. The molecule has 2 N–H and O–H groups in total. The van der Waals surface area contributed by atoms with Gasteiger partial charge in [0.05, 0.1) is 31.1 Å². The van der Waals surface area contributed by atoms with E-state index in [0.29, 0.717) is 45.3 Å². The molecule has 4 aromatic rings. The third kappa shape index (κ3) is 4.17. The Morgan fingerprint density at radius 3 is 3.03 bits per heavy atom. The van der Waals surface area contributed by atoms with E-state index in [1.54, 1.807) is 54.5 Å². The van der Waals surface area contributed by atoms with Crippen LogP contribution in [0.1, 0.15) is 42.1 Å². The first-order valence-electron chi connectivity index (χ1n) is 10.7. The van der Waals surface area contributed by atoms with Crippen molar-refractivity contribution in [2.75, 3.05) is 12.4 Å². The lowest BCUT2D eigenvalue weighted by Crippen LogP contribution is -2.22. The van der Waals surface area contributed by atoms with Crippen LogP contribution >= 0.6 is 11.6 Å². The molecule has 33 heavy (non-hydrogen) atoms. The number of anilines is 1. The highest BCUT2D eigenvalue weighted by molar-refractivity contribution is 6.31. The maximum absolute atomic E-state index is 13.2. The number of hydrogen-bond acceptors (Lipinski definition) is 6. The van der Waals surface area contributed by atoms with Crippen LogP contribution in [-0.2, 0) is 0 Å². The molecule has 0 radical (unpaired) electrons. The van der Waals surface area contributed by atoms with E-state index in [1.807, 2.05) is 4.68 Å². The number of carbonyl (C=O) groups is 1. The van der Waals surface area contributed by atoms with Gasteiger partial charge in [-0.15, -0.1) is 0 Å². The van der Waals surface area contributed by atoms with Crippen molar-refractivity contribution in [2.45, 2.75) is 37.8 Å². The van der Waals surface area contributed by atoms with Crippen molar-refractivity contribution in [3.8, 4) is 17.0 Å². The zero-order chi connectivity index (χ0) is 22.9. The second-order valence-electron chi connectivity index (χ2n) is 8.09. The third-order valence-electron chi connectivity index (χ3n) is 5.91. The molecule has 1 saturated carbocycles. The Morgan fingerprint density at radius 2 is 2.21 bits per heavy atom. The highest BCUT2D eigenvalue weighted by atomic mass is 35.5. The molecular formula is C23H23ClN6O3. The molecule has 0 bridgehead atoms. The molecule has 1 amide bonds.